The largest absolute Gasteiger partial charge is 1.00 e. The van der Waals surface area contributed by atoms with E-state index in [2.05, 4.69) is 5.32 Å². The van der Waals surface area contributed by atoms with E-state index in [-0.39, 0.29) is 29.6 Å². The van der Waals surface area contributed by atoms with Gasteiger partial charge in [0.1, 0.15) is 17.2 Å². The van der Waals surface area contributed by atoms with Gasteiger partial charge in [0.15, 0.2) is 5.92 Å². The second kappa shape index (κ2) is 9.89. The second-order valence-electron chi connectivity index (χ2n) is 8.14. The molecule has 2 amide bonds. The summed E-state index contributed by atoms with van der Waals surface area (Å²) in [4.78, 5) is 51.6. The molecule has 166 valence electrons. The summed E-state index contributed by atoms with van der Waals surface area (Å²) in [6, 6.07) is 14.8. The molecular weight excluding hydrogens is 455 g/mol. The number of hydrogen-bond donors (Lipinski definition) is 1. The summed E-state index contributed by atoms with van der Waals surface area (Å²) >= 11 is 1.28. The number of β-lactam (4-membered cyclic amide) rings is 1. The molecule has 0 aliphatic carbocycles. The van der Waals surface area contributed by atoms with Gasteiger partial charge in [0, 0.05) is 4.75 Å². The number of nitrogens with zero attached hydrogens (tertiary/aromatic N) is 1. The molecule has 4 rings (SSSR count). The number of ether oxygens (including phenoxy) is 1. The Bertz CT molecular complexity index is 1070. The van der Waals surface area contributed by atoms with Crippen molar-refractivity contribution in [2.24, 2.45) is 0 Å². The molecule has 2 heterocycles. The zero-order chi connectivity index (χ0) is 23.0. The summed E-state index contributed by atoms with van der Waals surface area (Å²) in [5.74, 6) is -4.33. The molecule has 8 nitrogen and oxygen atoms in total. The zero-order valence-corrected chi connectivity index (χ0v) is 21.2. The molecule has 2 aromatic rings. The van der Waals surface area contributed by atoms with Crippen LogP contribution in [-0.4, -0.2) is 50.9 Å². The van der Waals surface area contributed by atoms with Crippen LogP contribution in [0.5, 0.6) is 5.75 Å². The van der Waals surface area contributed by atoms with Crippen molar-refractivity contribution in [1.82, 2.24) is 10.2 Å². The van der Waals surface area contributed by atoms with Crippen molar-refractivity contribution < 1.29 is 58.6 Å². The molecule has 0 radical (unpaired) electrons. The van der Waals surface area contributed by atoms with Crippen LogP contribution in [0.1, 0.15) is 25.3 Å². The van der Waals surface area contributed by atoms with Crippen molar-refractivity contribution in [3.05, 3.63) is 66.2 Å². The Balaban J connectivity index is 0.00000306. The molecule has 0 spiro atoms. The number of hydrogen-bond acceptors (Lipinski definition) is 7. The fourth-order valence-corrected chi connectivity index (χ4v) is 5.69. The molecule has 2 saturated heterocycles. The number of rotatable bonds is 6. The van der Waals surface area contributed by atoms with Gasteiger partial charge in [-0.3, -0.25) is 14.4 Å². The Labute approximate surface area is 217 Å². The normalized spacial score (nSPS) is 23.4. The molecule has 2 aliphatic rings. The molecule has 1 N–H and O–H groups in total. The zero-order valence-electron chi connectivity index (χ0n) is 18.4. The Morgan fingerprint density at radius 2 is 1.64 bits per heavy atom. The fourth-order valence-electron chi connectivity index (χ4n) is 4.07. The number of benzene rings is 2. The third-order valence-corrected chi connectivity index (χ3v) is 7.13. The van der Waals surface area contributed by atoms with Crippen LogP contribution in [0.3, 0.4) is 0 Å². The molecule has 0 saturated carbocycles. The number of esters is 1. The monoisotopic (exact) mass is 476 g/mol. The Morgan fingerprint density at radius 1 is 1.06 bits per heavy atom. The minimum Gasteiger partial charge on any atom is -0.548 e. The number of nitrogens with one attached hydrogen (secondary N) is 1. The molecule has 0 bridgehead atoms. The number of carbonyl (C=O) groups is 4. The van der Waals surface area contributed by atoms with Crippen LogP contribution in [0.25, 0.3) is 0 Å². The van der Waals surface area contributed by atoms with Gasteiger partial charge >= 0.3 is 35.5 Å². The number of amides is 2. The van der Waals surface area contributed by atoms with Gasteiger partial charge in [-0.05, 0) is 31.5 Å². The first-order valence-corrected chi connectivity index (χ1v) is 10.9. The topological polar surface area (TPSA) is 116 Å². The number of aliphatic carboxylic acids is 1. The first kappa shape index (κ1) is 25.3. The average Bonchev–Trinajstić information content (AvgIpc) is 3.01. The standard InChI is InChI=1S/C23H22N2O6S.Na/c1-23(2)17(21(28)29)25-19(27)16(20(25)32-23)24-18(26)15(13-9-5-3-6-10-13)22(30)31-14-11-7-4-8-12-14;/h3-12,15-17,20H,1-2H3,(H,24,26)(H,28,29);/q;+1/p-1/t15?,16?,17?,20-;/m0./s1. The summed E-state index contributed by atoms with van der Waals surface area (Å²) in [6.07, 6.45) is 0. The van der Waals surface area contributed by atoms with Crippen molar-refractivity contribution in [2.45, 2.75) is 42.0 Å². The van der Waals surface area contributed by atoms with Crippen molar-refractivity contribution in [3.63, 3.8) is 0 Å². The van der Waals surface area contributed by atoms with Crippen molar-refractivity contribution in [3.8, 4) is 5.75 Å². The number of thioether (sulfide) groups is 1. The van der Waals surface area contributed by atoms with E-state index >= 15 is 0 Å². The van der Waals surface area contributed by atoms with Gasteiger partial charge < -0.3 is 24.9 Å². The molecule has 2 aliphatic heterocycles. The Kier molecular flexibility index (Phi) is 7.58. The molecule has 10 heteroatoms. The van der Waals surface area contributed by atoms with Gasteiger partial charge in [0.05, 0.1) is 12.0 Å². The van der Waals surface area contributed by atoms with Gasteiger partial charge in [0.2, 0.25) is 11.8 Å². The van der Waals surface area contributed by atoms with E-state index < -0.39 is 51.9 Å². The maximum absolute atomic E-state index is 13.2. The van der Waals surface area contributed by atoms with Gasteiger partial charge in [-0.2, -0.15) is 0 Å². The third kappa shape index (κ3) is 4.82. The third-order valence-electron chi connectivity index (χ3n) is 5.55. The van der Waals surface area contributed by atoms with Gasteiger partial charge in [-0.1, -0.05) is 48.5 Å². The van der Waals surface area contributed by atoms with E-state index in [4.69, 9.17) is 4.74 Å². The van der Waals surface area contributed by atoms with Crippen molar-refractivity contribution in [1.29, 1.82) is 0 Å². The minimum absolute atomic E-state index is 0. The minimum atomic E-state index is -1.34. The molecule has 33 heavy (non-hydrogen) atoms. The van der Waals surface area contributed by atoms with E-state index in [1.54, 1.807) is 74.5 Å². The quantitative estimate of drug-likeness (QED) is 0.164. The summed E-state index contributed by atoms with van der Waals surface area (Å²) in [5, 5.41) is 13.7. The molecule has 4 atom stereocenters. The maximum Gasteiger partial charge on any atom is 1.00 e. The fraction of sp³-hybridized carbons (Fsp3) is 0.304. The number of carboxylic acids is 1. The number of carbonyl (C=O) groups excluding carboxylic acids is 4. The summed E-state index contributed by atoms with van der Waals surface area (Å²) < 4.78 is 4.62. The summed E-state index contributed by atoms with van der Waals surface area (Å²) in [7, 11) is 0. The Morgan fingerprint density at radius 3 is 2.21 bits per heavy atom. The van der Waals surface area contributed by atoms with E-state index in [9.17, 15) is 24.3 Å². The number of carboxylic acid groups (broad SMARTS) is 1. The predicted molar refractivity (Wildman–Crippen MR) is 114 cm³/mol. The smallest absolute Gasteiger partial charge is 0.548 e. The second-order valence-corrected chi connectivity index (χ2v) is 9.91. The molecular formula is C23H21N2NaO6S. The van der Waals surface area contributed by atoms with E-state index in [0.29, 0.717) is 11.3 Å². The summed E-state index contributed by atoms with van der Waals surface area (Å²) in [5.41, 5.74) is 0.418. The van der Waals surface area contributed by atoms with Crippen LogP contribution < -0.4 is 44.7 Å². The number of fused-ring (bicyclic) bond motifs is 1. The first-order chi connectivity index (χ1) is 15.2. The molecule has 2 aromatic carbocycles. The van der Waals surface area contributed by atoms with Crippen LogP contribution in [0.2, 0.25) is 0 Å². The van der Waals surface area contributed by atoms with Crippen LogP contribution in [0.15, 0.2) is 60.7 Å². The number of para-hydroxylation sites is 1. The average molecular weight is 476 g/mol. The molecule has 3 unspecified atom stereocenters. The van der Waals surface area contributed by atoms with Gasteiger partial charge in [0.25, 0.3) is 0 Å². The maximum atomic E-state index is 13.2. The van der Waals surface area contributed by atoms with E-state index in [1.807, 2.05) is 0 Å². The van der Waals surface area contributed by atoms with Gasteiger partial charge in [-0.15, -0.1) is 11.8 Å². The van der Waals surface area contributed by atoms with Crippen LogP contribution in [0.4, 0.5) is 0 Å². The van der Waals surface area contributed by atoms with Crippen LogP contribution in [-0.2, 0) is 19.2 Å². The summed E-state index contributed by atoms with van der Waals surface area (Å²) in [6.45, 7) is 3.43. The first-order valence-electron chi connectivity index (χ1n) is 10.0. The SMILES string of the molecule is CC1(C)S[C@H]2C(NC(=O)C(C(=O)Oc3ccccc3)c3ccccc3)C(=O)N2C1C(=O)[O-].[Na+]. The van der Waals surface area contributed by atoms with E-state index in [1.165, 1.54) is 16.7 Å². The van der Waals surface area contributed by atoms with E-state index in [0.717, 1.165) is 0 Å². The molecule has 0 aromatic heterocycles. The van der Waals surface area contributed by atoms with Crippen LogP contribution in [0, 0.1) is 0 Å². The predicted octanol–water partition coefficient (Wildman–Crippen LogP) is -2.32. The van der Waals surface area contributed by atoms with Gasteiger partial charge in [-0.25, -0.2) is 0 Å². The van der Waals surface area contributed by atoms with Crippen LogP contribution >= 0.6 is 11.8 Å². The van der Waals surface area contributed by atoms with Crippen molar-refractivity contribution >= 4 is 35.5 Å². The Hall–Kier alpha value is -2.33. The molecule has 2 fully saturated rings. The van der Waals surface area contributed by atoms with Crippen molar-refractivity contribution in [2.75, 3.05) is 0 Å².